The van der Waals surface area contributed by atoms with Crippen LogP contribution in [0.5, 0.6) is 0 Å². The highest BCUT2D eigenvalue weighted by Gasteiger charge is 2.19. The zero-order chi connectivity index (χ0) is 13.9. The summed E-state index contributed by atoms with van der Waals surface area (Å²) in [7, 11) is 0. The minimum atomic E-state index is 0.101. The minimum Gasteiger partial charge on any atom is -0.336 e. The molecule has 1 fully saturated rings. The highest BCUT2D eigenvalue weighted by atomic mass is 32.2. The second-order valence-electron chi connectivity index (χ2n) is 5.64. The van der Waals surface area contributed by atoms with E-state index in [1.54, 1.807) is 24.0 Å². The van der Waals surface area contributed by atoms with Gasteiger partial charge in [-0.1, -0.05) is 20.8 Å². The van der Waals surface area contributed by atoms with Crippen molar-refractivity contribution in [2.75, 3.05) is 26.2 Å². The summed E-state index contributed by atoms with van der Waals surface area (Å²) in [6.07, 6.45) is 1.73. The molecule has 0 atom stereocenters. The lowest BCUT2D eigenvalue weighted by molar-refractivity contribution is 0.0735. The first-order valence-electron chi connectivity index (χ1n) is 6.61. The summed E-state index contributed by atoms with van der Waals surface area (Å²) in [5.74, 6) is 0.111. The highest BCUT2D eigenvalue weighted by Crippen LogP contribution is 2.30. The van der Waals surface area contributed by atoms with E-state index < -0.39 is 0 Å². The Kier molecular flexibility index (Phi) is 4.47. The second-order valence-corrected chi connectivity index (χ2v) is 7.49. The topological polar surface area (TPSA) is 45.2 Å². The molecular formula is C14H21N3OS. The standard InChI is InChI=1S/C14H21N3OS/c1-14(2,3)19-12-10-11(4-5-16-12)13(18)17-8-6-15-7-9-17/h4-5,10,15H,6-9H2,1-3H3. The molecule has 1 saturated heterocycles. The fourth-order valence-electron chi connectivity index (χ4n) is 1.96. The van der Waals surface area contributed by atoms with Gasteiger partial charge in [0.25, 0.3) is 5.91 Å². The highest BCUT2D eigenvalue weighted by molar-refractivity contribution is 8.00. The normalized spacial score (nSPS) is 16.5. The first-order chi connectivity index (χ1) is 8.96. The number of hydrogen-bond acceptors (Lipinski definition) is 4. The van der Waals surface area contributed by atoms with Crippen LogP contribution in [0.3, 0.4) is 0 Å². The average molecular weight is 279 g/mol. The van der Waals surface area contributed by atoms with Gasteiger partial charge in [-0.15, -0.1) is 11.8 Å². The maximum atomic E-state index is 12.4. The Balaban J connectivity index is 2.11. The van der Waals surface area contributed by atoms with Crippen molar-refractivity contribution >= 4 is 17.7 Å². The molecule has 0 aliphatic carbocycles. The monoisotopic (exact) mass is 279 g/mol. The number of rotatable bonds is 2. The van der Waals surface area contributed by atoms with Crippen LogP contribution in [0.15, 0.2) is 23.4 Å². The quantitative estimate of drug-likeness (QED) is 0.841. The predicted octanol–water partition coefficient (Wildman–Crippen LogP) is 2.02. The largest absolute Gasteiger partial charge is 0.336 e. The van der Waals surface area contributed by atoms with Crippen LogP contribution in [-0.4, -0.2) is 46.7 Å². The van der Waals surface area contributed by atoms with E-state index >= 15 is 0 Å². The molecule has 1 aliphatic heterocycles. The zero-order valence-corrected chi connectivity index (χ0v) is 12.6. The molecule has 0 radical (unpaired) electrons. The predicted molar refractivity (Wildman–Crippen MR) is 78.6 cm³/mol. The molecule has 1 aromatic rings. The van der Waals surface area contributed by atoms with Crippen LogP contribution >= 0.6 is 11.8 Å². The Morgan fingerprint density at radius 1 is 1.37 bits per heavy atom. The molecule has 19 heavy (non-hydrogen) atoms. The van der Waals surface area contributed by atoms with Crippen LogP contribution in [0.1, 0.15) is 31.1 Å². The lowest BCUT2D eigenvalue weighted by atomic mass is 10.2. The van der Waals surface area contributed by atoms with Crippen molar-refractivity contribution < 1.29 is 4.79 Å². The van der Waals surface area contributed by atoms with Crippen LogP contribution in [0, 0.1) is 0 Å². The van der Waals surface area contributed by atoms with Gasteiger partial charge < -0.3 is 10.2 Å². The second kappa shape index (κ2) is 5.92. The summed E-state index contributed by atoms with van der Waals surface area (Å²) < 4.78 is 0.101. The van der Waals surface area contributed by atoms with Gasteiger partial charge in [0, 0.05) is 42.7 Å². The van der Waals surface area contributed by atoms with Gasteiger partial charge in [0.05, 0.1) is 5.03 Å². The van der Waals surface area contributed by atoms with Crippen molar-refractivity contribution in [3.8, 4) is 0 Å². The Labute approximate surface area is 119 Å². The van der Waals surface area contributed by atoms with Gasteiger partial charge >= 0.3 is 0 Å². The van der Waals surface area contributed by atoms with Crippen molar-refractivity contribution in [3.05, 3.63) is 23.9 Å². The Hall–Kier alpha value is -1.07. The summed E-state index contributed by atoms with van der Waals surface area (Å²) in [5.41, 5.74) is 0.739. The molecule has 104 valence electrons. The van der Waals surface area contributed by atoms with Gasteiger partial charge in [-0.25, -0.2) is 4.98 Å². The maximum absolute atomic E-state index is 12.4. The molecule has 0 unspecified atom stereocenters. The lowest BCUT2D eigenvalue weighted by Gasteiger charge is -2.27. The van der Waals surface area contributed by atoms with Crippen LogP contribution in [0.25, 0.3) is 0 Å². The van der Waals surface area contributed by atoms with Crippen molar-refractivity contribution in [1.29, 1.82) is 0 Å². The number of amides is 1. The molecule has 1 aromatic heterocycles. The Morgan fingerprint density at radius 3 is 2.68 bits per heavy atom. The summed E-state index contributed by atoms with van der Waals surface area (Å²) >= 11 is 1.68. The van der Waals surface area contributed by atoms with Crippen LogP contribution in [-0.2, 0) is 0 Å². The van der Waals surface area contributed by atoms with E-state index in [-0.39, 0.29) is 10.7 Å². The molecule has 5 heteroatoms. The van der Waals surface area contributed by atoms with E-state index in [1.807, 2.05) is 11.0 Å². The number of nitrogens with one attached hydrogen (secondary N) is 1. The number of piperazine rings is 1. The summed E-state index contributed by atoms with van der Waals surface area (Å²) in [4.78, 5) is 18.6. The summed E-state index contributed by atoms with van der Waals surface area (Å²) in [5, 5.41) is 4.16. The smallest absolute Gasteiger partial charge is 0.254 e. The number of pyridine rings is 1. The molecule has 2 heterocycles. The summed E-state index contributed by atoms with van der Waals surface area (Å²) in [6, 6.07) is 3.71. The third-order valence-electron chi connectivity index (χ3n) is 2.80. The molecular weight excluding hydrogens is 258 g/mol. The lowest BCUT2D eigenvalue weighted by Crippen LogP contribution is -2.46. The van der Waals surface area contributed by atoms with Crippen molar-refractivity contribution in [3.63, 3.8) is 0 Å². The summed E-state index contributed by atoms with van der Waals surface area (Å²) in [6.45, 7) is 9.74. The van der Waals surface area contributed by atoms with Gasteiger partial charge in [0.2, 0.25) is 0 Å². The first-order valence-corrected chi connectivity index (χ1v) is 7.42. The van der Waals surface area contributed by atoms with Gasteiger partial charge in [-0.3, -0.25) is 4.79 Å². The number of nitrogens with zero attached hydrogens (tertiary/aromatic N) is 2. The van der Waals surface area contributed by atoms with Gasteiger partial charge in [0.1, 0.15) is 0 Å². The number of carbonyl (C=O) groups excluding carboxylic acids is 1. The fraction of sp³-hybridized carbons (Fsp3) is 0.571. The van der Waals surface area contributed by atoms with Gasteiger partial charge in [-0.05, 0) is 12.1 Å². The molecule has 4 nitrogen and oxygen atoms in total. The molecule has 1 aliphatic rings. The zero-order valence-electron chi connectivity index (χ0n) is 11.8. The van der Waals surface area contributed by atoms with Crippen molar-refractivity contribution in [1.82, 2.24) is 15.2 Å². The minimum absolute atomic E-state index is 0.101. The van der Waals surface area contributed by atoms with Crippen molar-refractivity contribution in [2.24, 2.45) is 0 Å². The molecule has 0 aromatic carbocycles. The Morgan fingerprint density at radius 2 is 2.05 bits per heavy atom. The maximum Gasteiger partial charge on any atom is 0.254 e. The van der Waals surface area contributed by atoms with E-state index in [0.717, 1.165) is 36.8 Å². The number of hydrogen-bond donors (Lipinski definition) is 1. The molecule has 2 rings (SSSR count). The third-order valence-corrected chi connectivity index (χ3v) is 3.84. The first kappa shape index (κ1) is 14.3. The van der Waals surface area contributed by atoms with E-state index in [1.165, 1.54) is 0 Å². The number of aromatic nitrogens is 1. The third kappa shape index (κ3) is 4.21. The molecule has 0 saturated carbocycles. The van der Waals surface area contributed by atoms with E-state index in [0.29, 0.717) is 0 Å². The molecule has 0 bridgehead atoms. The SMILES string of the molecule is CC(C)(C)Sc1cc(C(=O)N2CCNCC2)ccn1. The van der Waals surface area contributed by atoms with Crippen LogP contribution in [0.4, 0.5) is 0 Å². The van der Waals surface area contributed by atoms with Crippen LogP contribution in [0.2, 0.25) is 0 Å². The van der Waals surface area contributed by atoms with Crippen molar-refractivity contribution in [2.45, 2.75) is 30.5 Å². The van der Waals surface area contributed by atoms with Gasteiger partial charge in [0.15, 0.2) is 0 Å². The average Bonchev–Trinajstić information content (AvgIpc) is 2.37. The number of thioether (sulfide) groups is 1. The molecule has 1 amide bonds. The van der Waals surface area contributed by atoms with E-state index in [9.17, 15) is 4.79 Å². The Bertz CT molecular complexity index is 450. The fourth-order valence-corrected chi connectivity index (χ4v) is 2.89. The number of carbonyl (C=O) groups is 1. The van der Waals surface area contributed by atoms with Crippen LogP contribution < -0.4 is 5.32 Å². The molecule has 0 spiro atoms. The molecule has 1 N–H and O–H groups in total. The van der Waals surface area contributed by atoms with Gasteiger partial charge in [-0.2, -0.15) is 0 Å². The van der Waals surface area contributed by atoms with E-state index in [2.05, 4.69) is 31.1 Å². The van der Waals surface area contributed by atoms with E-state index in [4.69, 9.17) is 0 Å².